The van der Waals surface area contributed by atoms with Crippen LogP contribution in [0.25, 0.3) is 22.3 Å². The van der Waals surface area contributed by atoms with Gasteiger partial charge in [0.05, 0.1) is 68.1 Å². The third-order valence-corrected chi connectivity index (χ3v) is 17.4. The van der Waals surface area contributed by atoms with Gasteiger partial charge in [0, 0.05) is 25.1 Å². The van der Waals surface area contributed by atoms with Crippen LogP contribution in [0.5, 0.6) is 11.5 Å². The number of fused-ring (bicyclic) bond motifs is 2. The van der Waals surface area contributed by atoms with Gasteiger partial charge in [-0.05, 0) is 97.6 Å². The van der Waals surface area contributed by atoms with Gasteiger partial charge in [-0.25, -0.2) is 42.8 Å². The third-order valence-electron chi connectivity index (χ3n) is 14.1. The molecule has 430 valence electrons. The fraction of sp³-hybridized carbons (Fsp3) is 0.519. The summed E-state index contributed by atoms with van der Waals surface area (Å²) in [6.07, 6.45) is 2.07. The molecule has 7 N–H and O–H groups in total. The molecule has 0 bridgehead atoms. The Balaban J connectivity index is 0.000000229. The molecule has 6 aromatic rings. The van der Waals surface area contributed by atoms with E-state index in [9.17, 15) is 28.9 Å². The maximum Gasteiger partial charge on any atom is 0.459 e. The molecule has 2 aliphatic rings. The summed E-state index contributed by atoms with van der Waals surface area (Å²) in [4.78, 5) is 46.0. The second kappa shape index (κ2) is 24.7. The number of anilines is 2. The number of nitrogens with two attached hydrogens (primary N) is 1. The van der Waals surface area contributed by atoms with Crippen LogP contribution in [0, 0.1) is 23.7 Å². The lowest BCUT2D eigenvalue weighted by Gasteiger charge is -2.28. The first kappa shape index (κ1) is 60.5. The molecule has 0 radical (unpaired) electrons. The van der Waals surface area contributed by atoms with Gasteiger partial charge in [0.1, 0.15) is 40.9 Å². The van der Waals surface area contributed by atoms with E-state index < -0.39 is 98.8 Å². The number of carbonyl (C=O) groups excluding carboxylic acids is 2. The van der Waals surface area contributed by atoms with Crippen molar-refractivity contribution in [1.82, 2.24) is 44.2 Å². The Morgan fingerprint density at radius 1 is 0.671 bits per heavy atom. The second-order valence-electron chi connectivity index (χ2n) is 20.7. The number of aliphatic hydroxyl groups excluding tert-OH is 2. The number of nitrogen functional groups attached to an aromatic ring is 1. The number of rotatable bonds is 21. The number of hydrogen-bond donors (Lipinski definition) is 6. The first-order valence-electron chi connectivity index (χ1n) is 25.8. The van der Waals surface area contributed by atoms with Crippen LogP contribution >= 0.6 is 15.5 Å². The number of alkyl halides is 2. The van der Waals surface area contributed by atoms with Gasteiger partial charge in [0.2, 0.25) is 0 Å². The van der Waals surface area contributed by atoms with E-state index >= 15 is 8.78 Å². The standard InChI is InChI=1S/C27H37FN5O6P.C25H34FN6O6P/c1-16(2)38-26(35)18(4)32-40(36,39-19-10-8-7-9-11-19)37-14-20-17(3)23(27(5,28)24(20)34)33-15-31-22-21(29-6)12-13-30-25(22)33;1-14(2)37-24(34)16(4)31-39(35,38-17-9-7-6-8-10-17)36-11-18-15(3)20(25(5,26)21(18)33)32-13-30-19-22(27)28-12-29-23(19)32/h7-13,15-18,20,23-24,34H,14H2,1-6H3,(H,29,30)(H,32,36);6-10,12-16,18,20-21,33H,11H2,1-5H3,(H,31,35)(H2,27,28,29)/t17?,18-,20?,23+,24+,27-,40?;15?,16-,18?,20+,21+,25-,39?/m00/s1. The molecule has 4 aromatic heterocycles. The monoisotopic (exact) mass is 1140 g/mol. The number of aliphatic hydroxyl groups is 2. The van der Waals surface area contributed by atoms with E-state index in [4.69, 9.17) is 33.3 Å². The Morgan fingerprint density at radius 2 is 1.09 bits per heavy atom. The lowest BCUT2D eigenvalue weighted by molar-refractivity contribution is -0.150. The average Bonchev–Trinajstić information content (AvgIpc) is 4.13. The van der Waals surface area contributed by atoms with Gasteiger partial charge in [-0.1, -0.05) is 50.2 Å². The topological polar surface area (TPSA) is 301 Å². The van der Waals surface area contributed by atoms with Crippen molar-refractivity contribution >= 4 is 61.3 Å². The molecule has 2 saturated carbocycles. The van der Waals surface area contributed by atoms with E-state index in [-0.39, 0.29) is 42.7 Å². The molecule has 2 aliphatic carbocycles. The third kappa shape index (κ3) is 13.4. The summed E-state index contributed by atoms with van der Waals surface area (Å²) >= 11 is 0. The van der Waals surface area contributed by atoms with Gasteiger partial charge in [-0.2, -0.15) is 10.2 Å². The van der Waals surface area contributed by atoms with Crippen LogP contribution in [-0.4, -0.2) is 124 Å². The van der Waals surface area contributed by atoms with Gasteiger partial charge in [-0.15, -0.1) is 0 Å². The van der Waals surface area contributed by atoms with Crippen LogP contribution < -0.4 is 30.3 Å². The predicted molar refractivity (Wildman–Crippen MR) is 290 cm³/mol. The molecule has 79 heavy (non-hydrogen) atoms. The van der Waals surface area contributed by atoms with Crippen molar-refractivity contribution in [3.8, 4) is 11.5 Å². The van der Waals surface area contributed by atoms with Crippen LogP contribution in [0.2, 0.25) is 0 Å². The number of halogens is 2. The summed E-state index contributed by atoms with van der Waals surface area (Å²) in [5.41, 5.74) is 4.11. The molecule has 14 atom stereocenters. The van der Waals surface area contributed by atoms with Gasteiger partial charge >= 0.3 is 27.4 Å². The maximum atomic E-state index is 16.3. The second-order valence-corrected chi connectivity index (χ2v) is 24.1. The number of esters is 2. The highest BCUT2D eigenvalue weighted by molar-refractivity contribution is 7.52. The van der Waals surface area contributed by atoms with Crippen molar-refractivity contribution in [2.45, 2.75) is 129 Å². The molecule has 0 spiro atoms. The van der Waals surface area contributed by atoms with Gasteiger partial charge in [-0.3, -0.25) is 18.6 Å². The highest BCUT2D eigenvalue weighted by atomic mass is 31.2. The molecule has 2 fully saturated rings. The zero-order valence-electron chi connectivity index (χ0n) is 45.8. The number of nitrogens with zero attached hydrogens (tertiary/aromatic N) is 7. The summed E-state index contributed by atoms with van der Waals surface area (Å²) < 4.78 is 96.7. The van der Waals surface area contributed by atoms with Gasteiger partial charge in [0.25, 0.3) is 0 Å². The minimum Gasteiger partial charge on any atom is -0.462 e. The van der Waals surface area contributed by atoms with Crippen LogP contribution in [0.4, 0.5) is 20.3 Å². The minimum absolute atomic E-state index is 0.153. The quantitative estimate of drug-likeness (QED) is 0.0294. The number of carbonyl (C=O) groups is 2. The highest BCUT2D eigenvalue weighted by Gasteiger charge is 2.60. The van der Waals surface area contributed by atoms with Crippen molar-refractivity contribution in [1.29, 1.82) is 0 Å². The van der Waals surface area contributed by atoms with E-state index in [1.165, 1.54) is 51.2 Å². The van der Waals surface area contributed by atoms with Gasteiger partial charge in [0.15, 0.2) is 28.4 Å². The predicted octanol–water partition coefficient (Wildman–Crippen LogP) is 7.94. The highest BCUT2D eigenvalue weighted by Crippen LogP contribution is 2.55. The zero-order valence-corrected chi connectivity index (χ0v) is 47.6. The number of nitrogens with one attached hydrogen (secondary N) is 3. The fourth-order valence-electron chi connectivity index (χ4n) is 10.2. The first-order chi connectivity index (χ1) is 37.2. The Morgan fingerprint density at radius 3 is 1.51 bits per heavy atom. The molecular weight excluding hydrogens is 1070 g/mol. The van der Waals surface area contributed by atoms with Gasteiger partial charge < -0.3 is 48.9 Å². The SMILES string of the molecule is CC(C)OC(=O)[C@H](C)NP(=O)(OCC1C(C)[C@@H](n2cnc3c(N)ncnc32)[C@](C)(F)[C@@H]1O)Oc1ccccc1.CNc1ccnc2c1ncn2[C@@H]1C(C)C(COP(=O)(N[C@@H](C)C(=O)OC(C)C)Oc2ccccc2)[C@@H](O)[C@@]1(C)F. The summed E-state index contributed by atoms with van der Waals surface area (Å²) in [7, 11) is -6.64. The van der Waals surface area contributed by atoms with Crippen LogP contribution in [0.3, 0.4) is 0 Å². The van der Waals surface area contributed by atoms with E-state index in [0.717, 1.165) is 5.69 Å². The number of aromatic nitrogens is 7. The van der Waals surface area contributed by atoms with E-state index in [0.29, 0.717) is 22.3 Å². The molecule has 6 unspecified atom stereocenters. The lowest BCUT2D eigenvalue weighted by Crippen LogP contribution is -2.39. The van der Waals surface area contributed by atoms with E-state index in [1.807, 2.05) is 0 Å². The Bertz CT molecular complexity index is 3140. The molecule has 27 heteroatoms. The van der Waals surface area contributed by atoms with Crippen LogP contribution in [0.15, 0.2) is 91.9 Å². The van der Waals surface area contributed by atoms with E-state index in [2.05, 4.69) is 40.4 Å². The first-order valence-corrected chi connectivity index (χ1v) is 28.9. The van der Waals surface area contributed by atoms with Crippen molar-refractivity contribution in [3.63, 3.8) is 0 Å². The fourth-order valence-corrected chi connectivity index (χ4v) is 13.3. The average molecular weight is 1140 g/mol. The summed E-state index contributed by atoms with van der Waals surface area (Å²) in [5.74, 6) is -3.27. The summed E-state index contributed by atoms with van der Waals surface area (Å²) in [5, 5.41) is 30.5. The van der Waals surface area contributed by atoms with E-state index in [1.54, 1.807) is 126 Å². The molecular formula is C52H71F2N11O12P2. The lowest BCUT2D eigenvalue weighted by atomic mass is 9.95. The number of para-hydroxylation sites is 2. The number of benzene rings is 2. The Labute approximate surface area is 456 Å². The number of pyridine rings is 1. The van der Waals surface area contributed by atoms with Crippen LogP contribution in [0.1, 0.15) is 81.3 Å². The largest absolute Gasteiger partial charge is 0.462 e. The van der Waals surface area contributed by atoms with Crippen molar-refractivity contribution < 1.29 is 65.3 Å². The Hall–Kier alpha value is -6.17. The van der Waals surface area contributed by atoms with Crippen molar-refractivity contribution in [2.24, 2.45) is 23.7 Å². The molecule has 8 rings (SSSR count). The molecule has 2 aromatic carbocycles. The number of ether oxygens (including phenoxy) is 2. The summed E-state index contributed by atoms with van der Waals surface area (Å²) in [6.45, 7) is 15.2. The van der Waals surface area contributed by atoms with Crippen LogP contribution in [-0.2, 0) is 37.2 Å². The summed E-state index contributed by atoms with van der Waals surface area (Å²) in [6, 6.07) is 14.6. The zero-order chi connectivity index (χ0) is 57.8. The molecule has 23 nitrogen and oxygen atoms in total. The maximum absolute atomic E-state index is 16.3. The number of imidazole rings is 2. The molecule has 0 aliphatic heterocycles. The molecule has 0 amide bonds. The van der Waals surface area contributed by atoms with Crippen molar-refractivity contribution in [2.75, 3.05) is 31.3 Å². The molecule has 4 heterocycles. The normalized spacial score (nSPS) is 27.2. The molecule has 0 saturated heterocycles. The minimum atomic E-state index is -4.21. The van der Waals surface area contributed by atoms with Crippen molar-refractivity contribution in [3.05, 3.63) is 91.9 Å². The Kier molecular flexibility index (Phi) is 18.9. The number of hydrogen-bond acceptors (Lipinski definition) is 19. The smallest absolute Gasteiger partial charge is 0.459 e.